The van der Waals surface area contributed by atoms with E-state index < -0.39 is 0 Å². The maximum atomic E-state index is 12.3. The van der Waals surface area contributed by atoms with Gasteiger partial charge in [0.25, 0.3) is 5.56 Å². The molecule has 6 heteroatoms. The highest BCUT2D eigenvalue weighted by atomic mass is 32.1. The number of methoxy groups -OCH3 is 1. The highest BCUT2D eigenvalue weighted by Crippen LogP contribution is 2.23. The number of nitrogens with zero attached hydrogens (tertiary/aromatic N) is 2. The summed E-state index contributed by atoms with van der Waals surface area (Å²) in [7, 11) is 1.66. The summed E-state index contributed by atoms with van der Waals surface area (Å²) in [5, 5.41) is 3.89. The van der Waals surface area contributed by atoms with Crippen LogP contribution in [-0.2, 0) is 11.3 Å². The van der Waals surface area contributed by atoms with Gasteiger partial charge in [-0.3, -0.25) is 9.36 Å². The third-order valence-electron chi connectivity index (χ3n) is 2.94. The summed E-state index contributed by atoms with van der Waals surface area (Å²) in [6.45, 7) is 0.483. The van der Waals surface area contributed by atoms with Crippen LogP contribution in [0.4, 0.5) is 0 Å². The minimum atomic E-state index is -0.114. The summed E-state index contributed by atoms with van der Waals surface area (Å²) in [6, 6.07) is 5.86. The number of hydrogen-bond donors (Lipinski definition) is 0. The zero-order valence-electron chi connectivity index (χ0n) is 10.3. The molecule has 0 aliphatic rings. The van der Waals surface area contributed by atoms with Crippen LogP contribution in [0.1, 0.15) is 11.0 Å². The zero-order chi connectivity index (χ0) is 13.2. The first-order valence-electron chi connectivity index (χ1n) is 5.78. The predicted molar refractivity (Wildman–Crippen MR) is 77.9 cm³/mol. The van der Waals surface area contributed by atoms with Crippen molar-refractivity contribution in [3.8, 4) is 0 Å². The summed E-state index contributed by atoms with van der Waals surface area (Å²) >= 11 is 3.05. The number of hydrogen-bond acceptors (Lipinski definition) is 5. The van der Waals surface area contributed by atoms with Crippen LogP contribution in [0.5, 0.6) is 0 Å². The average molecular weight is 292 g/mol. The third kappa shape index (κ3) is 2.34. The lowest BCUT2D eigenvalue weighted by Gasteiger charge is -2.14. The van der Waals surface area contributed by atoms with Gasteiger partial charge in [0.15, 0.2) is 0 Å². The van der Waals surface area contributed by atoms with Gasteiger partial charge in [-0.25, -0.2) is 4.98 Å². The second-order valence-corrected chi connectivity index (χ2v) is 5.97. The Morgan fingerprint density at radius 1 is 1.37 bits per heavy atom. The molecule has 0 saturated carbocycles. The predicted octanol–water partition coefficient (Wildman–Crippen LogP) is 2.91. The fourth-order valence-corrected chi connectivity index (χ4v) is 3.53. The van der Waals surface area contributed by atoms with Crippen molar-refractivity contribution in [1.82, 2.24) is 9.55 Å². The molecule has 19 heavy (non-hydrogen) atoms. The largest absolute Gasteiger partial charge is 0.374 e. The van der Waals surface area contributed by atoms with Gasteiger partial charge < -0.3 is 4.74 Å². The van der Waals surface area contributed by atoms with E-state index in [2.05, 4.69) is 4.98 Å². The maximum absolute atomic E-state index is 12.3. The Morgan fingerprint density at radius 3 is 3.00 bits per heavy atom. The molecule has 0 amide bonds. The molecule has 3 aromatic heterocycles. The Kier molecular flexibility index (Phi) is 3.46. The molecule has 3 heterocycles. The second kappa shape index (κ2) is 5.24. The van der Waals surface area contributed by atoms with Crippen molar-refractivity contribution >= 4 is 32.9 Å². The maximum Gasteiger partial charge on any atom is 0.271 e. The molecule has 3 rings (SSSR count). The van der Waals surface area contributed by atoms with Crippen molar-refractivity contribution in [2.45, 2.75) is 12.6 Å². The first-order chi connectivity index (χ1) is 9.29. The van der Waals surface area contributed by atoms with Crippen molar-refractivity contribution in [3.63, 3.8) is 0 Å². The standard InChI is InChI=1S/C13H12N2O2S2/c1-17-10(11-3-2-5-18-11)7-15-8-14-9-4-6-19-12(9)13(15)16/h2-6,8,10H,7H2,1H3. The van der Waals surface area contributed by atoms with Crippen LogP contribution in [-0.4, -0.2) is 16.7 Å². The van der Waals surface area contributed by atoms with E-state index in [-0.39, 0.29) is 11.7 Å². The number of rotatable bonds is 4. The molecule has 0 fully saturated rings. The lowest BCUT2D eigenvalue weighted by Crippen LogP contribution is -2.23. The summed E-state index contributed by atoms with van der Waals surface area (Å²) < 4.78 is 7.79. The lowest BCUT2D eigenvalue weighted by molar-refractivity contribution is 0.0897. The molecule has 0 aliphatic carbocycles. The minimum absolute atomic E-state index is 0.00129. The summed E-state index contributed by atoms with van der Waals surface area (Å²) in [5.41, 5.74) is 0.759. The van der Waals surface area contributed by atoms with Crippen LogP contribution in [0.3, 0.4) is 0 Å². The van der Waals surface area contributed by atoms with Crippen LogP contribution in [0.25, 0.3) is 10.2 Å². The number of fused-ring (bicyclic) bond motifs is 1. The Balaban J connectivity index is 1.96. The average Bonchev–Trinajstić information content (AvgIpc) is 3.09. The molecular formula is C13H12N2O2S2. The zero-order valence-corrected chi connectivity index (χ0v) is 11.9. The van der Waals surface area contributed by atoms with Gasteiger partial charge >= 0.3 is 0 Å². The molecule has 1 atom stereocenters. The molecule has 0 spiro atoms. The third-order valence-corrected chi connectivity index (χ3v) is 4.80. The van der Waals surface area contributed by atoms with Crippen molar-refractivity contribution in [1.29, 1.82) is 0 Å². The van der Waals surface area contributed by atoms with Crippen LogP contribution >= 0.6 is 22.7 Å². The first kappa shape index (κ1) is 12.5. The minimum Gasteiger partial charge on any atom is -0.374 e. The Labute approximate surface area is 117 Å². The molecule has 3 aromatic rings. The molecule has 98 valence electrons. The van der Waals surface area contributed by atoms with Crippen LogP contribution < -0.4 is 5.56 Å². The summed E-state index contributed by atoms with van der Waals surface area (Å²) in [4.78, 5) is 17.7. The number of thiophene rings is 2. The molecule has 1 unspecified atom stereocenters. The number of ether oxygens (including phenoxy) is 1. The summed E-state index contributed by atoms with van der Waals surface area (Å²) in [6.07, 6.45) is 1.48. The van der Waals surface area contributed by atoms with Gasteiger partial charge in [-0.2, -0.15) is 0 Å². The molecule has 0 N–H and O–H groups in total. The van der Waals surface area contributed by atoms with Gasteiger partial charge in [-0.15, -0.1) is 22.7 Å². The summed E-state index contributed by atoms with van der Waals surface area (Å²) in [5.74, 6) is 0. The monoisotopic (exact) mass is 292 g/mol. The van der Waals surface area contributed by atoms with Crippen LogP contribution in [0.2, 0.25) is 0 Å². The normalized spacial score (nSPS) is 12.9. The van der Waals surface area contributed by atoms with Gasteiger partial charge in [0.1, 0.15) is 10.8 Å². The van der Waals surface area contributed by atoms with E-state index in [1.807, 2.05) is 29.0 Å². The molecule has 0 bridgehead atoms. The van der Waals surface area contributed by atoms with Crippen LogP contribution in [0.15, 0.2) is 40.1 Å². The van der Waals surface area contributed by atoms with Gasteiger partial charge in [0.05, 0.1) is 18.4 Å². The van der Waals surface area contributed by atoms with Crippen molar-refractivity contribution in [3.05, 3.63) is 50.5 Å². The van der Waals surface area contributed by atoms with E-state index in [4.69, 9.17) is 4.74 Å². The van der Waals surface area contributed by atoms with E-state index in [1.165, 1.54) is 11.3 Å². The fraction of sp³-hybridized carbons (Fsp3) is 0.231. The van der Waals surface area contributed by atoms with Crippen molar-refractivity contribution in [2.75, 3.05) is 7.11 Å². The molecular weight excluding hydrogens is 280 g/mol. The van der Waals surface area contributed by atoms with E-state index in [1.54, 1.807) is 29.3 Å². The molecule has 0 saturated heterocycles. The van der Waals surface area contributed by atoms with Crippen LogP contribution in [0, 0.1) is 0 Å². The topological polar surface area (TPSA) is 44.1 Å². The lowest BCUT2D eigenvalue weighted by atomic mass is 10.3. The quantitative estimate of drug-likeness (QED) is 0.742. The van der Waals surface area contributed by atoms with Crippen molar-refractivity contribution in [2.24, 2.45) is 0 Å². The van der Waals surface area contributed by atoms with Gasteiger partial charge in [-0.1, -0.05) is 6.07 Å². The second-order valence-electron chi connectivity index (χ2n) is 4.08. The van der Waals surface area contributed by atoms with E-state index in [0.717, 1.165) is 10.4 Å². The van der Waals surface area contributed by atoms with E-state index >= 15 is 0 Å². The van der Waals surface area contributed by atoms with Gasteiger partial charge in [0, 0.05) is 12.0 Å². The highest BCUT2D eigenvalue weighted by Gasteiger charge is 2.14. The Bertz CT molecular complexity index is 731. The van der Waals surface area contributed by atoms with E-state index in [9.17, 15) is 4.79 Å². The molecule has 0 radical (unpaired) electrons. The highest BCUT2D eigenvalue weighted by molar-refractivity contribution is 7.17. The molecule has 4 nitrogen and oxygen atoms in total. The van der Waals surface area contributed by atoms with Crippen molar-refractivity contribution < 1.29 is 4.74 Å². The Morgan fingerprint density at radius 2 is 2.26 bits per heavy atom. The SMILES string of the molecule is COC(Cn1cnc2ccsc2c1=O)c1cccs1. The van der Waals surface area contributed by atoms with E-state index in [0.29, 0.717) is 11.2 Å². The Hall–Kier alpha value is -1.50. The van der Waals surface area contributed by atoms with Gasteiger partial charge in [-0.05, 0) is 22.9 Å². The molecule has 0 aliphatic heterocycles. The fourth-order valence-electron chi connectivity index (χ4n) is 1.94. The molecule has 0 aromatic carbocycles. The smallest absolute Gasteiger partial charge is 0.271 e. The number of aromatic nitrogens is 2. The van der Waals surface area contributed by atoms with Gasteiger partial charge in [0.2, 0.25) is 0 Å². The first-order valence-corrected chi connectivity index (χ1v) is 7.54.